The van der Waals surface area contributed by atoms with Crippen molar-refractivity contribution >= 4 is 31.3 Å². The second kappa shape index (κ2) is 4.51. The molecule has 0 N–H and O–H groups in total. The number of hydrogen-bond donors (Lipinski definition) is 0. The molecule has 1 aromatic carbocycles. The maximum absolute atomic E-state index is 10.8. The first-order chi connectivity index (χ1) is 6.38. The molecule has 0 heterocycles. The van der Waals surface area contributed by atoms with Gasteiger partial charge < -0.3 is 0 Å². The van der Waals surface area contributed by atoms with Crippen molar-refractivity contribution in [3.8, 4) is 0 Å². The van der Waals surface area contributed by atoms with Crippen LogP contribution >= 0.6 is 22.3 Å². The zero-order valence-electron chi connectivity index (χ0n) is 7.57. The van der Waals surface area contributed by atoms with Crippen LogP contribution in [0.25, 0.3) is 0 Å². The Bertz CT molecular complexity index is 397. The zero-order chi connectivity index (χ0) is 10.8. The fourth-order valence-corrected chi connectivity index (χ4v) is 2.80. The number of halogens is 2. The molecule has 0 bridgehead atoms. The summed E-state index contributed by atoms with van der Waals surface area (Å²) in [4.78, 5) is 0. The molecule has 78 valence electrons. The van der Waals surface area contributed by atoms with Crippen molar-refractivity contribution in [2.24, 2.45) is 0 Å². The van der Waals surface area contributed by atoms with E-state index in [1.807, 2.05) is 19.1 Å². The van der Waals surface area contributed by atoms with Gasteiger partial charge in [-0.25, -0.2) is 8.42 Å². The quantitative estimate of drug-likeness (QED) is 0.613. The van der Waals surface area contributed by atoms with Gasteiger partial charge in [-0.05, 0) is 12.5 Å². The third-order valence-electron chi connectivity index (χ3n) is 1.78. The number of hydrogen-bond acceptors (Lipinski definition) is 2. The molecule has 5 heteroatoms. The summed E-state index contributed by atoms with van der Waals surface area (Å²) in [5.74, 6) is -0.251. The van der Waals surface area contributed by atoms with Gasteiger partial charge in [-0.1, -0.05) is 29.8 Å². The van der Waals surface area contributed by atoms with Crippen LogP contribution in [0.3, 0.4) is 0 Å². The van der Waals surface area contributed by atoms with E-state index in [2.05, 4.69) is 0 Å². The van der Waals surface area contributed by atoms with E-state index in [1.54, 1.807) is 12.1 Å². The van der Waals surface area contributed by atoms with Gasteiger partial charge in [0.05, 0.1) is 11.1 Å². The summed E-state index contributed by atoms with van der Waals surface area (Å²) < 4.78 is 21.5. The second-order valence-corrected chi connectivity index (χ2v) is 6.43. The van der Waals surface area contributed by atoms with E-state index in [4.69, 9.17) is 22.3 Å². The Kier molecular flexibility index (Phi) is 3.81. The molecule has 0 aliphatic rings. The highest BCUT2D eigenvalue weighted by atomic mass is 35.7. The largest absolute Gasteiger partial charge is 0.234 e. The lowest BCUT2D eigenvalue weighted by Crippen LogP contribution is -2.04. The standard InChI is InChI=1S/C9H10Cl2O2S/c1-7-2-4-8(5-3-7)9(10)6-14(11,12)13/h2-5,9H,6H2,1H3. The van der Waals surface area contributed by atoms with Crippen molar-refractivity contribution in [3.63, 3.8) is 0 Å². The Hall–Kier alpha value is -0.250. The SMILES string of the molecule is Cc1ccc(C(Cl)CS(=O)(=O)Cl)cc1. The van der Waals surface area contributed by atoms with Crippen LogP contribution in [0.4, 0.5) is 0 Å². The van der Waals surface area contributed by atoms with E-state index >= 15 is 0 Å². The van der Waals surface area contributed by atoms with Gasteiger partial charge in [0.2, 0.25) is 9.05 Å². The molecule has 1 rings (SSSR count). The number of rotatable bonds is 3. The van der Waals surface area contributed by atoms with Gasteiger partial charge in [0.1, 0.15) is 0 Å². The summed E-state index contributed by atoms with van der Waals surface area (Å²) in [7, 11) is 1.56. The lowest BCUT2D eigenvalue weighted by atomic mass is 10.1. The third kappa shape index (κ3) is 3.86. The molecule has 0 saturated carbocycles. The molecule has 14 heavy (non-hydrogen) atoms. The van der Waals surface area contributed by atoms with E-state index in [0.29, 0.717) is 0 Å². The van der Waals surface area contributed by atoms with Crippen molar-refractivity contribution in [3.05, 3.63) is 35.4 Å². The summed E-state index contributed by atoms with van der Waals surface area (Å²) in [6.45, 7) is 1.95. The van der Waals surface area contributed by atoms with Crippen LogP contribution in [0.15, 0.2) is 24.3 Å². The van der Waals surface area contributed by atoms with Gasteiger partial charge in [-0.15, -0.1) is 11.6 Å². The smallest absolute Gasteiger partial charge is 0.212 e. The van der Waals surface area contributed by atoms with Crippen LogP contribution in [-0.2, 0) is 9.05 Å². The van der Waals surface area contributed by atoms with Gasteiger partial charge in [-0.2, -0.15) is 0 Å². The van der Waals surface area contributed by atoms with Gasteiger partial charge in [-0.3, -0.25) is 0 Å². The molecule has 0 aliphatic heterocycles. The topological polar surface area (TPSA) is 34.1 Å². The summed E-state index contributed by atoms with van der Waals surface area (Å²) >= 11 is 5.88. The van der Waals surface area contributed by atoms with Crippen LogP contribution in [0.1, 0.15) is 16.5 Å². The third-order valence-corrected chi connectivity index (χ3v) is 3.48. The Labute approximate surface area is 93.3 Å². The second-order valence-electron chi connectivity index (χ2n) is 3.08. The van der Waals surface area contributed by atoms with E-state index < -0.39 is 14.4 Å². The fraction of sp³-hybridized carbons (Fsp3) is 0.333. The van der Waals surface area contributed by atoms with Crippen molar-refractivity contribution in [1.82, 2.24) is 0 Å². The molecule has 1 aromatic rings. The van der Waals surface area contributed by atoms with Gasteiger partial charge in [0.15, 0.2) is 0 Å². The molecule has 0 aliphatic carbocycles. The fourth-order valence-electron chi connectivity index (χ4n) is 1.05. The Morgan fingerprint density at radius 2 is 1.79 bits per heavy atom. The van der Waals surface area contributed by atoms with Gasteiger partial charge in [0, 0.05) is 10.7 Å². The van der Waals surface area contributed by atoms with Crippen LogP contribution in [0.2, 0.25) is 0 Å². The van der Waals surface area contributed by atoms with Gasteiger partial charge >= 0.3 is 0 Å². The number of benzene rings is 1. The molecule has 0 aromatic heterocycles. The van der Waals surface area contributed by atoms with Gasteiger partial charge in [0.25, 0.3) is 0 Å². The molecule has 2 nitrogen and oxygen atoms in total. The van der Waals surface area contributed by atoms with E-state index in [9.17, 15) is 8.42 Å². The highest BCUT2D eigenvalue weighted by Crippen LogP contribution is 2.23. The lowest BCUT2D eigenvalue weighted by molar-refractivity contribution is 0.608. The molecular weight excluding hydrogens is 243 g/mol. The van der Waals surface area contributed by atoms with Crippen molar-refractivity contribution in [1.29, 1.82) is 0 Å². The van der Waals surface area contributed by atoms with Crippen molar-refractivity contribution in [2.75, 3.05) is 5.75 Å². The van der Waals surface area contributed by atoms with Crippen LogP contribution < -0.4 is 0 Å². The minimum atomic E-state index is -3.54. The van der Waals surface area contributed by atoms with E-state index in [-0.39, 0.29) is 5.75 Å². The van der Waals surface area contributed by atoms with E-state index in [1.165, 1.54) is 0 Å². The average Bonchev–Trinajstić information content (AvgIpc) is 2.02. The zero-order valence-corrected chi connectivity index (χ0v) is 9.90. The predicted octanol–water partition coefficient (Wildman–Crippen LogP) is 2.84. The van der Waals surface area contributed by atoms with Crippen molar-refractivity contribution in [2.45, 2.75) is 12.3 Å². The summed E-state index contributed by atoms with van der Waals surface area (Å²) in [6.07, 6.45) is 0. The molecule has 0 fully saturated rings. The lowest BCUT2D eigenvalue weighted by Gasteiger charge is -2.07. The van der Waals surface area contributed by atoms with Crippen LogP contribution in [0, 0.1) is 6.92 Å². The first-order valence-electron chi connectivity index (χ1n) is 4.01. The summed E-state index contributed by atoms with van der Waals surface area (Å²) in [6, 6.07) is 7.36. The molecule has 0 spiro atoms. The summed E-state index contributed by atoms with van der Waals surface area (Å²) in [5.41, 5.74) is 1.87. The van der Waals surface area contributed by atoms with Crippen molar-refractivity contribution < 1.29 is 8.42 Å². The Morgan fingerprint density at radius 3 is 2.21 bits per heavy atom. The highest BCUT2D eigenvalue weighted by molar-refractivity contribution is 8.13. The Morgan fingerprint density at radius 1 is 1.29 bits per heavy atom. The molecular formula is C9H10Cl2O2S. The normalized spacial score (nSPS) is 13.9. The monoisotopic (exact) mass is 252 g/mol. The minimum absolute atomic E-state index is 0.251. The molecule has 0 amide bonds. The molecule has 1 unspecified atom stereocenters. The predicted molar refractivity (Wildman–Crippen MR) is 59.4 cm³/mol. The van der Waals surface area contributed by atoms with Crippen LogP contribution in [0.5, 0.6) is 0 Å². The molecule has 0 saturated heterocycles. The van der Waals surface area contributed by atoms with E-state index in [0.717, 1.165) is 11.1 Å². The molecule has 0 radical (unpaired) electrons. The average molecular weight is 253 g/mol. The summed E-state index contributed by atoms with van der Waals surface area (Å²) in [5, 5.41) is -0.585. The number of aryl methyl sites for hydroxylation is 1. The maximum Gasteiger partial charge on any atom is 0.234 e. The molecule has 1 atom stereocenters. The minimum Gasteiger partial charge on any atom is -0.212 e. The highest BCUT2D eigenvalue weighted by Gasteiger charge is 2.15. The maximum atomic E-state index is 10.8. The van der Waals surface area contributed by atoms with Crippen LogP contribution in [-0.4, -0.2) is 14.2 Å². The number of alkyl halides is 1. The Balaban J connectivity index is 2.80. The first kappa shape index (κ1) is 11.8. The first-order valence-corrected chi connectivity index (χ1v) is 6.93.